The van der Waals surface area contributed by atoms with Crippen molar-refractivity contribution >= 4 is 23.7 Å². The molecule has 0 saturated carbocycles. The highest BCUT2D eigenvalue weighted by molar-refractivity contribution is 8.00. The van der Waals surface area contributed by atoms with Crippen molar-refractivity contribution in [3.05, 3.63) is 30.3 Å². The molecule has 2 N–H and O–H groups in total. The number of nitrogens with one attached hydrogen (secondary N) is 2. The van der Waals surface area contributed by atoms with E-state index >= 15 is 0 Å². The summed E-state index contributed by atoms with van der Waals surface area (Å²) >= 11 is 1.42. The van der Waals surface area contributed by atoms with Crippen LogP contribution in [0.3, 0.4) is 0 Å². The van der Waals surface area contributed by atoms with Gasteiger partial charge < -0.3 is 5.32 Å². The zero-order valence-electron chi connectivity index (χ0n) is 9.90. The smallest absolute Gasteiger partial charge is 0.321 e. The predicted octanol–water partition coefficient (Wildman–Crippen LogP) is 2.01. The lowest BCUT2D eigenvalue weighted by atomic mass is 10.4. The van der Waals surface area contributed by atoms with Crippen molar-refractivity contribution in [1.29, 1.82) is 0 Å². The van der Waals surface area contributed by atoms with E-state index in [-0.39, 0.29) is 11.2 Å². The Hall–Kier alpha value is -1.49. The summed E-state index contributed by atoms with van der Waals surface area (Å²) in [6.07, 6.45) is 0. The minimum atomic E-state index is -0.446. The third kappa shape index (κ3) is 4.91. The molecule has 17 heavy (non-hydrogen) atoms. The second-order valence-corrected chi connectivity index (χ2v) is 4.84. The molecule has 0 aromatic heterocycles. The molecule has 5 heteroatoms. The van der Waals surface area contributed by atoms with Crippen LogP contribution < -0.4 is 10.6 Å². The molecule has 0 heterocycles. The number of carbonyl (C=O) groups is 2. The van der Waals surface area contributed by atoms with Crippen molar-refractivity contribution in [2.75, 3.05) is 6.54 Å². The van der Waals surface area contributed by atoms with E-state index in [4.69, 9.17) is 0 Å². The Bertz CT molecular complexity index is 381. The third-order valence-electron chi connectivity index (χ3n) is 2.00. The SMILES string of the molecule is CCNC(=O)NC(=O)[C@H](C)Sc1ccccc1. The molecule has 0 bridgehead atoms. The van der Waals surface area contributed by atoms with Gasteiger partial charge in [-0.2, -0.15) is 0 Å². The minimum Gasteiger partial charge on any atom is -0.338 e. The summed E-state index contributed by atoms with van der Waals surface area (Å²) in [6.45, 7) is 4.07. The number of urea groups is 1. The Labute approximate surface area is 105 Å². The maximum absolute atomic E-state index is 11.6. The van der Waals surface area contributed by atoms with E-state index in [0.29, 0.717) is 6.54 Å². The molecule has 0 fully saturated rings. The van der Waals surface area contributed by atoms with Gasteiger partial charge in [0.15, 0.2) is 0 Å². The molecule has 92 valence electrons. The fourth-order valence-electron chi connectivity index (χ4n) is 1.17. The van der Waals surface area contributed by atoms with Crippen molar-refractivity contribution in [1.82, 2.24) is 10.6 Å². The van der Waals surface area contributed by atoms with Crippen LogP contribution in [0.4, 0.5) is 4.79 Å². The second kappa shape index (κ2) is 6.96. The van der Waals surface area contributed by atoms with E-state index in [1.165, 1.54) is 11.8 Å². The van der Waals surface area contributed by atoms with Crippen LogP contribution in [-0.4, -0.2) is 23.7 Å². The van der Waals surface area contributed by atoms with Gasteiger partial charge >= 0.3 is 6.03 Å². The van der Waals surface area contributed by atoms with Crippen molar-refractivity contribution in [3.63, 3.8) is 0 Å². The van der Waals surface area contributed by atoms with Crippen molar-refractivity contribution in [2.45, 2.75) is 24.0 Å². The van der Waals surface area contributed by atoms with Crippen LogP contribution >= 0.6 is 11.8 Å². The van der Waals surface area contributed by atoms with Crippen LogP contribution in [0.25, 0.3) is 0 Å². The topological polar surface area (TPSA) is 58.2 Å². The van der Waals surface area contributed by atoms with Gasteiger partial charge in [-0.1, -0.05) is 18.2 Å². The van der Waals surface area contributed by atoms with Crippen LogP contribution in [0.15, 0.2) is 35.2 Å². The molecule has 0 aliphatic heterocycles. The summed E-state index contributed by atoms with van der Waals surface area (Å²) in [5.74, 6) is -0.287. The van der Waals surface area contributed by atoms with Gasteiger partial charge in [0.1, 0.15) is 0 Å². The van der Waals surface area contributed by atoms with E-state index in [1.54, 1.807) is 13.8 Å². The van der Waals surface area contributed by atoms with E-state index in [9.17, 15) is 9.59 Å². The van der Waals surface area contributed by atoms with Gasteiger partial charge in [-0.15, -0.1) is 11.8 Å². The second-order valence-electron chi connectivity index (χ2n) is 3.42. The molecule has 0 radical (unpaired) electrons. The first kappa shape index (κ1) is 13.6. The Morgan fingerprint density at radius 1 is 1.29 bits per heavy atom. The Balaban J connectivity index is 2.45. The molecule has 3 amide bonds. The molecule has 0 aliphatic rings. The van der Waals surface area contributed by atoms with E-state index in [1.807, 2.05) is 30.3 Å². The molecular weight excluding hydrogens is 236 g/mol. The molecule has 1 aromatic carbocycles. The lowest BCUT2D eigenvalue weighted by molar-refractivity contribution is -0.119. The first-order chi connectivity index (χ1) is 8.13. The number of carbonyl (C=O) groups excluding carboxylic acids is 2. The van der Waals surface area contributed by atoms with E-state index < -0.39 is 6.03 Å². The normalized spacial score (nSPS) is 11.6. The lowest BCUT2D eigenvalue weighted by Gasteiger charge is -2.11. The summed E-state index contributed by atoms with van der Waals surface area (Å²) < 4.78 is 0. The molecular formula is C12H16N2O2S. The van der Waals surface area contributed by atoms with Gasteiger partial charge in [0.25, 0.3) is 0 Å². The predicted molar refractivity (Wildman–Crippen MR) is 69.0 cm³/mol. The monoisotopic (exact) mass is 252 g/mol. The molecule has 1 atom stereocenters. The largest absolute Gasteiger partial charge is 0.338 e. The number of thioether (sulfide) groups is 1. The highest BCUT2D eigenvalue weighted by atomic mass is 32.2. The maximum Gasteiger partial charge on any atom is 0.321 e. The Morgan fingerprint density at radius 2 is 1.94 bits per heavy atom. The Kier molecular flexibility index (Phi) is 5.56. The van der Waals surface area contributed by atoms with Crippen LogP contribution in [0.1, 0.15) is 13.8 Å². The van der Waals surface area contributed by atoms with E-state index in [0.717, 1.165) is 4.90 Å². The first-order valence-corrected chi connectivity index (χ1v) is 6.32. The van der Waals surface area contributed by atoms with Gasteiger partial charge in [0.05, 0.1) is 5.25 Å². The van der Waals surface area contributed by atoms with Crippen LogP contribution in [0.5, 0.6) is 0 Å². The van der Waals surface area contributed by atoms with Crippen LogP contribution in [-0.2, 0) is 4.79 Å². The fraction of sp³-hybridized carbons (Fsp3) is 0.333. The third-order valence-corrected chi connectivity index (χ3v) is 3.11. The van der Waals surface area contributed by atoms with Gasteiger partial charge in [0, 0.05) is 11.4 Å². The summed E-state index contributed by atoms with van der Waals surface area (Å²) in [6, 6.07) is 9.16. The van der Waals surface area contributed by atoms with Crippen LogP contribution in [0.2, 0.25) is 0 Å². The molecule has 4 nitrogen and oxygen atoms in total. The highest BCUT2D eigenvalue weighted by Gasteiger charge is 2.16. The fourth-order valence-corrected chi connectivity index (χ4v) is 2.06. The van der Waals surface area contributed by atoms with Crippen molar-refractivity contribution < 1.29 is 9.59 Å². The number of hydrogen-bond donors (Lipinski definition) is 2. The number of benzene rings is 1. The average Bonchev–Trinajstić information content (AvgIpc) is 2.30. The van der Waals surface area contributed by atoms with E-state index in [2.05, 4.69) is 10.6 Å². The zero-order chi connectivity index (χ0) is 12.7. The summed E-state index contributed by atoms with van der Waals surface area (Å²) in [5.41, 5.74) is 0. The summed E-state index contributed by atoms with van der Waals surface area (Å²) in [4.78, 5) is 23.8. The maximum atomic E-state index is 11.6. The lowest BCUT2D eigenvalue weighted by Crippen LogP contribution is -2.42. The Morgan fingerprint density at radius 3 is 2.53 bits per heavy atom. The molecule has 0 aliphatic carbocycles. The first-order valence-electron chi connectivity index (χ1n) is 5.44. The number of hydrogen-bond acceptors (Lipinski definition) is 3. The number of imide groups is 1. The highest BCUT2D eigenvalue weighted by Crippen LogP contribution is 2.22. The molecule has 0 unspecified atom stereocenters. The summed E-state index contributed by atoms with van der Waals surface area (Å²) in [7, 11) is 0. The van der Waals surface area contributed by atoms with Gasteiger partial charge in [0.2, 0.25) is 5.91 Å². The average molecular weight is 252 g/mol. The number of rotatable bonds is 4. The number of amides is 3. The van der Waals surface area contributed by atoms with Gasteiger partial charge in [-0.05, 0) is 26.0 Å². The van der Waals surface area contributed by atoms with Crippen LogP contribution in [0, 0.1) is 0 Å². The van der Waals surface area contributed by atoms with Gasteiger partial charge in [-0.3, -0.25) is 10.1 Å². The zero-order valence-corrected chi connectivity index (χ0v) is 10.7. The molecule has 0 saturated heterocycles. The minimum absolute atomic E-state index is 0.287. The van der Waals surface area contributed by atoms with Crippen molar-refractivity contribution in [2.24, 2.45) is 0 Å². The molecule has 1 rings (SSSR count). The molecule has 0 spiro atoms. The standard InChI is InChI=1S/C12H16N2O2S/c1-3-13-12(16)14-11(15)9(2)17-10-7-5-4-6-8-10/h4-9H,3H2,1-2H3,(H2,13,14,15,16)/t9-/m0/s1. The van der Waals surface area contributed by atoms with Crippen molar-refractivity contribution in [3.8, 4) is 0 Å². The summed E-state index contributed by atoms with van der Waals surface area (Å²) in [5, 5.41) is 4.50. The molecule has 1 aromatic rings. The van der Waals surface area contributed by atoms with Gasteiger partial charge in [-0.25, -0.2) is 4.79 Å². The quantitative estimate of drug-likeness (QED) is 0.806.